The van der Waals surface area contributed by atoms with E-state index in [0.29, 0.717) is 0 Å². The van der Waals surface area contributed by atoms with Crippen molar-refractivity contribution in [2.45, 2.75) is 24.7 Å². The highest BCUT2D eigenvalue weighted by atomic mass is 15.2. The van der Waals surface area contributed by atoms with E-state index in [2.05, 4.69) is 207 Å². The molecule has 0 aromatic heterocycles. The molecule has 0 fully saturated rings. The highest BCUT2D eigenvalue weighted by Gasteiger charge is 2.52. The van der Waals surface area contributed by atoms with E-state index in [1.54, 1.807) is 0 Å². The monoisotopic (exact) mass is 675 g/mol. The average Bonchev–Trinajstić information content (AvgIpc) is 3.69. The number of nitrogens with zero attached hydrogens (tertiary/aromatic N) is 1. The van der Waals surface area contributed by atoms with Gasteiger partial charge in [-0.15, -0.1) is 0 Å². The number of hydrogen-bond acceptors (Lipinski definition) is 1. The van der Waals surface area contributed by atoms with Crippen LogP contribution in [0.15, 0.2) is 188 Å². The van der Waals surface area contributed by atoms with Gasteiger partial charge < -0.3 is 4.90 Å². The van der Waals surface area contributed by atoms with Gasteiger partial charge in [0.15, 0.2) is 0 Å². The van der Waals surface area contributed by atoms with Crippen LogP contribution < -0.4 is 4.90 Å². The Balaban J connectivity index is 1.22. The van der Waals surface area contributed by atoms with Crippen LogP contribution >= 0.6 is 0 Å². The molecule has 8 aromatic carbocycles. The first-order valence-corrected chi connectivity index (χ1v) is 18.7. The van der Waals surface area contributed by atoms with Crippen LogP contribution in [0.3, 0.4) is 0 Å². The fourth-order valence-electron chi connectivity index (χ4n) is 9.93. The topological polar surface area (TPSA) is 3.24 Å². The minimum atomic E-state index is -0.399. The zero-order valence-corrected chi connectivity index (χ0v) is 29.8. The maximum atomic E-state index is 2.57. The smallest absolute Gasteiger partial charge is 0.0726 e. The summed E-state index contributed by atoms with van der Waals surface area (Å²) in [4.78, 5) is 2.57. The molecule has 0 saturated heterocycles. The molecule has 2 aliphatic carbocycles. The molecule has 0 amide bonds. The Morgan fingerprint density at radius 1 is 0.321 bits per heavy atom. The lowest BCUT2D eigenvalue weighted by Crippen LogP contribution is -2.31. The van der Waals surface area contributed by atoms with Crippen LogP contribution in [0.2, 0.25) is 0 Å². The van der Waals surface area contributed by atoms with E-state index in [9.17, 15) is 0 Å². The molecular formula is C52H37N. The summed E-state index contributed by atoms with van der Waals surface area (Å²) in [5.74, 6) is 0. The van der Waals surface area contributed by atoms with E-state index < -0.39 is 5.41 Å². The normalized spacial score (nSPS) is 14.9. The Bertz CT molecular complexity index is 2620. The molecule has 11 rings (SSSR count). The summed E-state index contributed by atoms with van der Waals surface area (Å²) in [6.07, 6.45) is 0. The van der Waals surface area contributed by atoms with E-state index in [0.717, 1.165) is 0 Å². The van der Waals surface area contributed by atoms with Crippen molar-refractivity contribution in [3.63, 3.8) is 0 Å². The fraction of sp³-hybridized carbons (Fsp3) is 0.0769. The van der Waals surface area contributed by atoms with Gasteiger partial charge in [-0.1, -0.05) is 172 Å². The van der Waals surface area contributed by atoms with Gasteiger partial charge in [0.2, 0.25) is 0 Å². The van der Waals surface area contributed by atoms with E-state index in [1.807, 2.05) is 0 Å². The number of benzene rings is 8. The molecule has 8 aromatic rings. The summed E-state index contributed by atoms with van der Waals surface area (Å²) in [6.45, 7) is 4.80. The standard InChI is InChI=1S/C52H37N/c1-51(2)45-32-36(34-16-5-3-6-17-34)28-30-47(45)53(48-31-29-37(33-46(48)51)35-18-7-4-8-19-35)49-27-15-26-44-50(49)40-22-11-14-25-43(40)52(44)41-23-12-9-20-38(41)39-21-10-13-24-42(39)52/h3-33H,1-2H3. The lowest BCUT2D eigenvalue weighted by Gasteiger charge is -2.43. The Morgan fingerprint density at radius 3 is 1.28 bits per heavy atom. The van der Waals surface area contributed by atoms with Crippen LogP contribution in [0, 0.1) is 0 Å². The SMILES string of the molecule is CC1(C)c2cc(-c3ccccc3)ccc2N(c2cccc3c2-c2ccccc2C32c3ccccc3-c3ccccc32)c2ccc(-c3ccccc3)cc21. The molecular weight excluding hydrogens is 639 g/mol. The molecule has 0 atom stereocenters. The van der Waals surface area contributed by atoms with Crippen LogP contribution in [-0.2, 0) is 10.8 Å². The Hall–Kier alpha value is -6.44. The highest BCUT2D eigenvalue weighted by molar-refractivity contribution is 6.02. The Morgan fingerprint density at radius 2 is 0.755 bits per heavy atom. The van der Waals surface area contributed by atoms with Crippen molar-refractivity contribution in [3.05, 3.63) is 221 Å². The first-order chi connectivity index (χ1) is 26.1. The minimum absolute atomic E-state index is 0.253. The third-order valence-corrected chi connectivity index (χ3v) is 12.3. The molecule has 0 N–H and O–H groups in total. The minimum Gasteiger partial charge on any atom is -0.309 e. The first-order valence-electron chi connectivity index (χ1n) is 18.7. The molecule has 3 aliphatic rings. The number of rotatable bonds is 3. The maximum absolute atomic E-state index is 2.57. The largest absolute Gasteiger partial charge is 0.309 e. The summed E-state index contributed by atoms with van der Waals surface area (Å²) in [7, 11) is 0. The van der Waals surface area contributed by atoms with E-state index in [-0.39, 0.29) is 5.41 Å². The van der Waals surface area contributed by atoms with Gasteiger partial charge in [0, 0.05) is 11.0 Å². The van der Waals surface area contributed by atoms with Crippen molar-refractivity contribution < 1.29 is 0 Å². The van der Waals surface area contributed by atoms with Gasteiger partial charge >= 0.3 is 0 Å². The van der Waals surface area contributed by atoms with Gasteiger partial charge in [0.05, 0.1) is 22.5 Å². The lowest BCUT2D eigenvalue weighted by molar-refractivity contribution is 0.632. The molecule has 1 aliphatic heterocycles. The van der Waals surface area contributed by atoms with Gasteiger partial charge in [0.25, 0.3) is 0 Å². The number of fused-ring (bicyclic) bond motifs is 12. The predicted molar refractivity (Wildman–Crippen MR) is 220 cm³/mol. The average molecular weight is 676 g/mol. The maximum Gasteiger partial charge on any atom is 0.0726 e. The van der Waals surface area contributed by atoms with Crippen molar-refractivity contribution in [1.29, 1.82) is 0 Å². The van der Waals surface area contributed by atoms with Gasteiger partial charge in [-0.3, -0.25) is 0 Å². The molecule has 0 bridgehead atoms. The molecule has 1 heterocycles. The van der Waals surface area contributed by atoms with Crippen LogP contribution in [0.25, 0.3) is 44.5 Å². The van der Waals surface area contributed by atoms with Gasteiger partial charge in [-0.25, -0.2) is 0 Å². The summed E-state index contributed by atoms with van der Waals surface area (Å²) in [6, 6.07) is 70.1. The molecule has 53 heavy (non-hydrogen) atoms. The number of anilines is 3. The quantitative estimate of drug-likeness (QED) is 0.180. The summed E-state index contributed by atoms with van der Waals surface area (Å²) in [5.41, 5.74) is 21.3. The third-order valence-electron chi connectivity index (χ3n) is 12.3. The molecule has 1 spiro atoms. The van der Waals surface area contributed by atoms with Crippen LogP contribution in [0.5, 0.6) is 0 Å². The Labute approximate surface area is 311 Å². The molecule has 0 unspecified atom stereocenters. The van der Waals surface area contributed by atoms with E-state index >= 15 is 0 Å². The van der Waals surface area contributed by atoms with Crippen molar-refractivity contribution in [3.8, 4) is 44.5 Å². The van der Waals surface area contributed by atoms with Crippen molar-refractivity contribution in [1.82, 2.24) is 0 Å². The van der Waals surface area contributed by atoms with Crippen molar-refractivity contribution >= 4 is 17.1 Å². The van der Waals surface area contributed by atoms with Crippen molar-refractivity contribution in [2.75, 3.05) is 4.90 Å². The van der Waals surface area contributed by atoms with Gasteiger partial charge in [-0.05, 0) is 103 Å². The number of hydrogen-bond donors (Lipinski definition) is 0. The molecule has 1 heteroatoms. The molecule has 250 valence electrons. The zero-order chi connectivity index (χ0) is 35.3. The first kappa shape index (κ1) is 30.2. The lowest BCUT2D eigenvalue weighted by atomic mass is 9.70. The molecule has 1 nitrogen and oxygen atoms in total. The second kappa shape index (κ2) is 11.0. The van der Waals surface area contributed by atoms with Crippen LogP contribution in [-0.4, -0.2) is 0 Å². The van der Waals surface area contributed by atoms with Crippen LogP contribution in [0.4, 0.5) is 17.1 Å². The summed E-state index contributed by atoms with van der Waals surface area (Å²) in [5, 5.41) is 0. The second-order valence-corrected chi connectivity index (χ2v) is 15.2. The van der Waals surface area contributed by atoms with Gasteiger partial charge in [-0.2, -0.15) is 0 Å². The van der Waals surface area contributed by atoms with Gasteiger partial charge in [0.1, 0.15) is 0 Å². The molecule has 0 radical (unpaired) electrons. The summed E-state index contributed by atoms with van der Waals surface area (Å²) >= 11 is 0. The summed E-state index contributed by atoms with van der Waals surface area (Å²) < 4.78 is 0. The fourth-order valence-corrected chi connectivity index (χ4v) is 9.93. The van der Waals surface area contributed by atoms with Crippen LogP contribution in [0.1, 0.15) is 47.2 Å². The highest BCUT2D eigenvalue weighted by Crippen LogP contribution is 2.65. The van der Waals surface area contributed by atoms with Crippen molar-refractivity contribution in [2.24, 2.45) is 0 Å². The second-order valence-electron chi connectivity index (χ2n) is 15.2. The van der Waals surface area contributed by atoms with E-state index in [4.69, 9.17) is 0 Å². The Kier molecular flexibility index (Phi) is 6.29. The van der Waals surface area contributed by atoms with E-state index in [1.165, 1.54) is 95.0 Å². The molecule has 0 saturated carbocycles. The third kappa shape index (κ3) is 4.02. The zero-order valence-electron chi connectivity index (χ0n) is 29.8. The predicted octanol–water partition coefficient (Wildman–Crippen LogP) is 13.5.